The molecule has 1 aliphatic heterocycles. The van der Waals surface area contributed by atoms with Crippen LogP contribution in [0.3, 0.4) is 0 Å². The second-order valence-electron chi connectivity index (χ2n) is 6.84. The SMILES string of the molecule is CCCN(CCC)S(=O)(=O)N1CCN(C(=O)C2(C(=O)O)CCC2)CC1. The van der Waals surface area contributed by atoms with E-state index < -0.39 is 21.6 Å². The molecule has 0 bridgehead atoms. The maximum absolute atomic E-state index is 12.8. The fourth-order valence-electron chi connectivity index (χ4n) is 3.48. The smallest absolute Gasteiger partial charge is 0.319 e. The van der Waals surface area contributed by atoms with Crippen LogP contribution in [0.15, 0.2) is 0 Å². The van der Waals surface area contributed by atoms with E-state index in [1.807, 2.05) is 13.8 Å². The summed E-state index contributed by atoms with van der Waals surface area (Å²) < 4.78 is 28.4. The van der Waals surface area contributed by atoms with Crippen molar-refractivity contribution < 1.29 is 23.1 Å². The number of hydrogen-bond donors (Lipinski definition) is 1. The fraction of sp³-hybridized carbons (Fsp3) is 0.875. The Morgan fingerprint density at radius 1 is 1.04 bits per heavy atom. The van der Waals surface area contributed by atoms with Crippen LogP contribution in [0.2, 0.25) is 0 Å². The minimum Gasteiger partial charge on any atom is -0.480 e. The molecule has 0 aromatic heterocycles. The van der Waals surface area contributed by atoms with Crippen LogP contribution in [0.4, 0.5) is 0 Å². The van der Waals surface area contributed by atoms with E-state index in [-0.39, 0.29) is 32.1 Å². The van der Waals surface area contributed by atoms with E-state index >= 15 is 0 Å². The molecule has 0 unspecified atom stereocenters. The predicted octanol–water partition coefficient (Wildman–Crippen LogP) is 0.752. The Morgan fingerprint density at radius 2 is 1.56 bits per heavy atom. The highest BCUT2D eigenvalue weighted by Gasteiger charge is 2.53. The van der Waals surface area contributed by atoms with Gasteiger partial charge in [0.25, 0.3) is 10.2 Å². The highest BCUT2D eigenvalue weighted by Crippen LogP contribution is 2.43. The van der Waals surface area contributed by atoms with Crippen molar-refractivity contribution >= 4 is 22.1 Å². The summed E-state index contributed by atoms with van der Waals surface area (Å²) in [5.74, 6) is -1.42. The number of carboxylic acid groups (broad SMARTS) is 1. The molecule has 1 heterocycles. The molecule has 8 nitrogen and oxygen atoms in total. The molecule has 0 aromatic rings. The lowest BCUT2D eigenvalue weighted by Gasteiger charge is -2.43. The van der Waals surface area contributed by atoms with Crippen LogP contribution in [-0.4, -0.2) is 78.2 Å². The van der Waals surface area contributed by atoms with Crippen LogP contribution < -0.4 is 0 Å². The van der Waals surface area contributed by atoms with Crippen LogP contribution in [0.5, 0.6) is 0 Å². The second-order valence-corrected chi connectivity index (χ2v) is 8.77. The Hall–Kier alpha value is -1.19. The maximum Gasteiger partial charge on any atom is 0.319 e. The number of carbonyl (C=O) groups excluding carboxylic acids is 1. The van der Waals surface area contributed by atoms with E-state index in [0.717, 1.165) is 19.3 Å². The number of nitrogens with zero attached hydrogens (tertiary/aromatic N) is 3. The van der Waals surface area contributed by atoms with Gasteiger partial charge in [0.15, 0.2) is 0 Å². The third kappa shape index (κ3) is 3.83. The van der Waals surface area contributed by atoms with Gasteiger partial charge in [-0.2, -0.15) is 17.0 Å². The van der Waals surface area contributed by atoms with Crippen molar-refractivity contribution in [1.29, 1.82) is 0 Å². The van der Waals surface area contributed by atoms with Crippen LogP contribution in [0, 0.1) is 5.41 Å². The van der Waals surface area contributed by atoms with Crippen molar-refractivity contribution in [3.05, 3.63) is 0 Å². The van der Waals surface area contributed by atoms with Gasteiger partial charge in [-0.15, -0.1) is 0 Å². The minimum absolute atomic E-state index is 0.216. The van der Waals surface area contributed by atoms with Crippen molar-refractivity contribution in [2.24, 2.45) is 5.41 Å². The molecule has 1 N–H and O–H groups in total. The van der Waals surface area contributed by atoms with Gasteiger partial charge < -0.3 is 10.0 Å². The lowest BCUT2D eigenvalue weighted by molar-refractivity contribution is -0.168. The maximum atomic E-state index is 12.8. The quantitative estimate of drug-likeness (QED) is 0.631. The van der Waals surface area contributed by atoms with Gasteiger partial charge in [-0.25, -0.2) is 0 Å². The van der Waals surface area contributed by atoms with E-state index in [0.29, 0.717) is 25.9 Å². The van der Waals surface area contributed by atoms with E-state index in [1.54, 1.807) is 0 Å². The number of amides is 1. The Labute approximate surface area is 149 Å². The first-order valence-electron chi connectivity index (χ1n) is 9.07. The monoisotopic (exact) mass is 375 g/mol. The summed E-state index contributed by atoms with van der Waals surface area (Å²) in [7, 11) is -3.53. The first kappa shape index (κ1) is 20.1. The molecule has 144 valence electrons. The highest BCUT2D eigenvalue weighted by atomic mass is 32.2. The third-order valence-electron chi connectivity index (χ3n) is 5.15. The van der Waals surface area contributed by atoms with Crippen molar-refractivity contribution in [1.82, 2.24) is 13.5 Å². The number of rotatable bonds is 8. The van der Waals surface area contributed by atoms with Crippen molar-refractivity contribution in [3.8, 4) is 0 Å². The number of aliphatic carboxylic acids is 1. The zero-order valence-electron chi connectivity index (χ0n) is 15.1. The number of carbonyl (C=O) groups is 2. The molecule has 2 aliphatic rings. The van der Waals surface area contributed by atoms with Gasteiger partial charge in [-0.05, 0) is 25.7 Å². The van der Waals surface area contributed by atoms with Gasteiger partial charge in [0, 0.05) is 39.3 Å². The third-order valence-corrected chi connectivity index (χ3v) is 7.19. The van der Waals surface area contributed by atoms with E-state index in [2.05, 4.69) is 0 Å². The predicted molar refractivity (Wildman–Crippen MR) is 93.1 cm³/mol. The average Bonchev–Trinajstić information content (AvgIpc) is 2.53. The van der Waals surface area contributed by atoms with Crippen LogP contribution in [0.1, 0.15) is 46.0 Å². The van der Waals surface area contributed by atoms with Crippen LogP contribution in [0.25, 0.3) is 0 Å². The molecule has 1 saturated heterocycles. The topological polar surface area (TPSA) is 98.2 Å². The Kier molecular flexibility index (Phi) is 6.45. The molecule has 0 aromatic carbocycles. The van der Waals surface area contributed by atoms with Gasteiger partial charge >= 0.3 is 5.97 Å². The largest absolute Gasteiger partial charge is 0.480 e. The summed E-state index contributed by atoms with van der Waals surface area (Å²) >= 11 is 0. The fourth-order valence-corrected chi connectivity index (χ4v) is 5.26. The van der Waals surface area contributed by atoms with Crippen molar-refractivity contribution in [3.63, 3.8) is 0 Å². The summed E-state index contributed by atoms with van der Waals surface area (Å²) in [6.45, 7) is 5.78. The number of carboxylic acids is 1. The molecule has 2 rings (SSSR count). The lowest BCUT2D eigenvalue weighted by Crippen LogP contribution is -2.59. The van der Waals surface area contributed by atoms with Crippen LogP contribution in [-0.2, 0) is 19.8 Å². The normalized spacial score (nSPS) is 21.2. The zero-order chi connectivity index (χ0) is 18.7. The number of hydrogen-bond acceptors (Lipinski definition) is 4. The summed E-state index contributed by atoms with van der Waals surface area (Å²) in [6.07, 6.45) is 2.99. The minimum atomic E-state index is -3.53. The molecule has 25 heavy (non-hydrogen) atoms. The zero-order valence-corrected chi connectivity index (χ0v) is 15.9. The second kappa shape index (κ2) is 8.01. The summed E-state index contributed by atoms with van der Waals surface area (Å²) in [4.78, 5) is 25.6. The molecule has 1 saturated carbocycles. The Bertz CT molecular complexity index is 589. The Morgan fingerprint density at radius 3 is 1.92 bits per heavy atom. The molecular weight excluding hydrogens is 346 g/mol. The standard InChI is InChI=1S/C16H29N3O5S/c1-3-8-18(9-4-2)25(23,24)19-12-10-17(11-13-19)14(20)16(15(21)22)6-5-7-16/h3-13H2,1-2H3,(H,21,22). The van der Waals surface area contributed by atoms with Gasteiger partial charge in [-0.3, -0.25) is 9.59 Å². The van der Waals surface area contributed by atoms with E-state index in [4.69, 9.17) is 0 Å². The molecule has 2 fully saturated rings. The van der Waals surface area contributed by atoms with Gasteiger partial charge in [0.1, 0.15) is 5.41 Å². The molecular formula is C16H29N3O5S. The van der Waals surface area contributed by atoms with E-state index in [9.17, 15) is 23.1 Å². The summed E-state index contributed by atoms with van der Waals surface area (Å²) in [5, 5.41) is 9.40. The molecule has 9 heteroatoms. The molecule has 0 spiro atoms. The first-order chi connectivity index (χ1) is 11.8. The molecule has 1 aliphatic carbocycles. The van der Waals surface area contributed by atoms with Gasteiger partial charge in [-0.1, -0.05) is 20.3 Å². The Balaban J connectivity index is 2.01. The summed E-state index contributed by atoms with van der Waals surface area (Å²) in [5.41, 5.74) is -1.28. The number of piperazine rings is 1. The molecule has 1 amide bonds. The first-order valence-corrected chi connectivity index (χ1v) is 10.5. The van der Waals surface area contributed by atoms with Gasteiger partial charge in [0.05, 0.1) is 0 Å². The molecule has 0 atom stereocenters. The highest BCUT2D eigenvalue weighted by molar-refractivity contribution is 7.86. The average molecular weight is 375 g/mol. The summed E-state index contributed by atoms with van der Waals surface area (Å²) in [6, 6.07) is 0. The van der Waals surface area contributed by atoms with Gasteiger partial charge in [0.2, 0.25) is 5.91 Å². The van der Waals surface area contributed by atoms with Crippen molar-refractivity contribution in [2.75, 3.05) is 39.3 Å². The molecule has 0 radical (unpaired) electrons. The lowest BCUT2D eigenvalue weighted by atomic mass is 9.67. The van der Waals surface area contributed by atoms with Crippen LogP contribution >= 0.6 is 0 Å². The van der Waals surface area contributed by atoms with Crippen molar-refractivity contribution in [2.45, 2.75) is 46.0 Å². The van der Waals surface area contributed by atoms with E-state index in [1.165, 1.54) is 13.5 Å².